The number of carbonyl (C=O) groups is 1. The number of aryl methyl sites for hydroxylation is 1. The molecule has 0 aliphatic heterocycles. The molecule has 0 aliphatic carbocycles. The molecule has 1 aromatic heterocycles. The molecular formula is C12H19NO4S2. The summed E-state index contributed by atoms with van der Waals surface area (Å²) in [5.41, 5.74) is 0.474. The number of carboxylic acid groups (broad SMARTS) is 1. The van der Waals surface area contributed by atoms with E-state index in [1.54, 1.807) is 6.92 Å². The van der Waals surface area contributed by atoms with Gasteiger partial charge in [-0.2, -0.15) is 0 Å². The van der Waals surface area contributed by atoms with E-state index < -0.39 is 16.0 Å². The number of aromatic carboxylic acids is 1. The van der Waals surface area contributed by atoms with Crippen LogP contribution in [0.5, 0.6) is 0 Å². The molecule has 0 amide bonds. The molecule has 1 unspecified atom stereocenters. The minimum atomic E-state index is -3.62. The zero-order valence-electron chi connectivity index (χ0n) is 11.3. The van der Waals surface area contributed by atoms with Gasteiger partial charge in [-0.3, -0.25) is 0 Å². The van der Waals surface area contributed by atoms with E-state index in [-0.39, 0.29) is 15.1 Å². The molecule has 0 spiro atoms. The third kappa shape index (κ3) is 4.02. The predicted octanol–water partition coefficient (Wildman–Crippen LogP) is 2.61. The number of rotatable bonds is 7. The van der Waals surface area contributed by atoms with Crippen molar-refractivity contribution in [2.75, 3.05) is 0 Å². The quantitative estimate of drug-likeness (QED) is 0.811. The molecule has 0 aliphatic rings. The van der Waals surface area contributed by atoms with E-state index in [4.69, 9.17) is 5.11 Å². The van der Waals surface area contributed by atoms with Crippen molar-refractivity contribution in [1.82, 2.24) is 4.72 Å². The first-order valence-corrected chi connectivity index (χ1v) is 8.47. The number of carboxylic acids is 1. The molecule has 108 valence electrons. The van der Waals surface area contributed by atoms with Crippen LogP contribution in [-0.4, -0.2) is 25.5 Å². The summed E-state index contributed by atoms with van der Waals surface area (Å²) in [6, 6.07) is 1.31. The van der Waals surface area contributed by atoms with Gasteiger partial charge in [0.15, 0.2) is 0 Å². The Kier molecular flexibility index (Phi) is 5.51. The van der Waals surface area contributed by atoms with Gasteiger partial charge in [0.25, 0.3) is 0 Å². The fourth-order valence-electron chi connectivity index (χ4n) is 1.77. The molecule has 1 aromatic rings. The molecule has 0 aromatic carbocycles. The van der Waals surface area contributed by atoms with Crippen LogP contribution < -0.4 is 4.72 Å². The van der Waals surface area contributed by atoms with E-state index >= 15 is 0 Å². The van der Waals surface area contributed by atoms with Gasteiger partial charge >= 0.3 is 5.97 Å². The number of hydrogen-bond acceptors (Lipinski definition) is 4. The van der Waals surface area contributed by atoms with E-state index in [1.807, 2.05) is 13.8 Å². The molecule has 0 bridgehead atoms. The van der Waals surface area contributed by atoms with Gasteiger partial charge in [-0.1, -0.05) is 20.3 Å². The van der Waals surface area contributed by atoms with Crippen LogP contribution in [0, 0.1) is 6.92 Å². The monoisotopic (exact) mass is 305 g/mol. The lowest BCUT2D eigenvalue weighted by Gasteiger charge is -2.15. The highest BCUT2D eigenvalue weighted by Gasteiger charge is 2.23. The molecule has 0 saturated carbocycles. The van der Waals surface area contributed by atoms with Crippen LogP contribution in [0.1, 0.15) is 48.3 Å². The van der Waals surface area contributed by atoms with Gasteiger partial charge in [0.05, 0.1) is 0 Å². The summed E-state index contributed by atoms with van der Waals surface area (Å²) in [5.74, 6) is -1.09. The Hall–Kier alpha value is -0.920. The van der Waals surface area contributed by atoms with Crippen molar-refractivity contribution in [2.24, 2.45) is 0 Å². The van der Waals surface area contributed by atoms with E-state index in [2.05, 4.69) is 4.72 Å². The second-order valence-electron chi connectivity index (χ2n) is 4.40. The van der Waals surface area contributed by atoms with Gasteiger partial charge in [-0.15, -0.1) is 11.3 Å². The van der Waals surface area contributed by atoms with Gasteiger partial charge in [-0.05, 0) is 31.4 Å². The number of hydrogen-bond donors (Lipinski definition) is 2. The molecule has 0 fully saturated rings. The highest BCUT2D eigenvalue weighted by molar-refractivity contribution is 7.91. The SMILES string of the molecule is CCCC(CC)NS(=O)(=O)c1cc(C)c(C(=O)O)s1. The Morgan fingerprint density at radius 3 is 2.53 bits per heavy atom. The Morgan fingerprint density at radius 1 is 1.47 bits per heavy atom. The first kappa shape index (κ1) is 16.1. The Labute approximate surface area is 117 Å². The maximum Gasteiger partial charge on any atom is 0.346 e. The summed E-state index contributed by atoms with van der Waals surface area (Å²) in [4.78, 5) is 11.0. The second-order valence-corrected chi connectivity index (χ2v) is 7.39. The van der Waals surface area contributed by atoms with E-state index in [0.29, 0.717) is 12.0 Å². The molecule has 2 N–H and O–H groups in total. The first-order valence-electron chi connectivity index (χ1n) is 6.17. The maximum atomic E-state index is 12.2. The number of thiophene rings is 1. The Balaban J connectivity index is 3.00. The third-order valence-corrected chi connectivity index (χ3v) is 6.03. The molecule has 19 heavy (non-hydrogen) atoms. The topological polar surface area (TPSA) is 83.5 Å². The van der Waals surface area contributed by atoms with Gasteiger partial charge in [-0.25, -0.2) is 17.9 Å². The molecule has 0 saturated heterocycles. The standard InChI is InChI=1S/C12H19NO4S2/c1-4-6-9(5-2)13-19(16,17)10-7-8(3)11(18-10)12(14)15/h7,9,13H,4-6H2,1-3H3,(H,14,15). The minimum Gasteiger partial charge on any atom is -0.477 e. The van der Waals surface area contributed by atoms with Gasteiger partial charge in [0, 0.05) is 6.04 Å². The van der Waals surface area contributed by atoms with Crippen molar-refractivity contribution in [3.63, 3.8) is 0 Å². The third-order valence-electron chi connectivity index (χ3n) is 2.81. The molecule has 7 heteroatoms. The molecule has 1 heterocycles. The summed E-state index contributed by atoms with van der Waals surface area (Å²) >= 11 is 0.795. The van der Waals surface area contributed by atoms with E-state index in [9.17, 15) is 13.2 Å². The smallest absolute Gasteiger partial charge is 0.346 e. The van der Waals surface area contributed by atoms with Crippen molar-refractivity contribution in [1.29, 1.82) is 0 Å². The highest BCUT2D eigenvalue weighted by Crippen LogP contribution is 2.26. The zero-order chi connectivity index (χ0) is 14.6. The van der Waals surface area contributed by atoms with Gasteiger partial charge < -0.3 is 5.11 Å². The zero-order valence-corrected chi connectivity index (χ0v) is 12.9. The van der Waals surface area contributed by atoms with Crippen LogP contribution in [0.2, 0.25) is 0 Å². The highest BCUT2D eigenvalue weighted by atomic mass is 32.2. The fourth-order valence-corrected chi connectivity index (χ4v) is 4.52. The van der Waals surface area contributed by atoms with Crippen LogP contribution in [-0.2, 0) is 10.0 Å². The van der Waals surface area contributed by atoms with Crippen LogP contribution in [0.4, 0.5) is 0 Å². The summed E-state index contributed by atoms with van der Waals surface area (Å²) in [6.45, 7) is 5.52. The minimum absolute atomic E-state index is 0.0666. The van der Waals surface area contributed by atoms with Crippen molar-refractivity contribution in [2.45, 2.75) is 50.3 Å². The van der Waals surface area contributed by atoms with E-state index in [0.717, 1.165) is 24.2 Å². The molecule has 1 rings (SSSR count). The van der Waals surface area contributed by atoms with Crippen molar-refractivity contribution >= 4 is 27.3 Å². The lowest BCUT2D eigenvalue weighted by atomic mass is 10.1. The predicted molar refractivity (Wildman–Crippen MR) is 75.3 cm³/mol. The lowest BCUT2D eigenvalue weighted by molar-refractivity contribution is 0.0701. The molecular weight excluding hydrogens is 286 g/mol. The van der Waals surface area contributed by atoms with Crippen LogP contribution in [0.15, 0.2) is 10.3 Å². The second kappa shape index (κ2) is 6.49. The lowest BCUT2D eigenvalue weighted by Crippen LogP contribution is -2.33. The van der Waals surface area contributed by atoms with Crippen LogP contribution in [0.3, 0.4) is 0 Å². The maximum absolute atomic E-state index is 12.2. The normalized spacial score (nSPS) is 13.4. The summed E-state index contributed by atoms with van der Waals surface area (Å²) in [5, 5.41) is 8.95. The summed E-state index contributed by atoms with van der Waals surface area (Å²) < 4.78 is 27.0. The van der Waals surface area contributed by atoms with Crippen molar-refractivity contribution in [3.8, 4) is 0 Å². The number of sulfonamides is 1. The average molecular weight is 305 g/mol. The van der Waals surface area contributed by atoms with Crippen molar-refractivity contribution < 1.29 is 18.3 Å². The fraction of sp³-hybridized carbons (Fsp3) is 0.583. The molecule has 1 atom stereocenters. The number of nitrogens with one attached hydrogen (secondary N) is 1. The molecule has 0 radical (unpaired) electrons. The first-order chi connectivity index (χ1) is 8.81. The summed E-state index contributed by atoms with van der Waals surface area (Å²) in [6.07, 6.45) is 2.37. The van der Waals surface area contributed by atoms with Gasteiger partial charge in [0.1, 0.15) is 9.09 Å². The average Bonchev–Trinajstić information content (AvgIpc) is 2.71. The van der Waals surface area contributed by atoms with Crippen LogP contribution in [0.25, 0.3) is 0 Å². The van der Waals surface area contributed by atoms with Crippen LogP contribution >= 0.6 is 11.3 Å². The molecule has 5 nitrogen and oxygen atoms in total. The van der Waals surface area contributed by atoms with E-state index in [1.165, 1.54) is 6.07 Å². The Bertz CT molecular complexity index is 548. The summed E-state index contributed by atoms with van der Waals surface area (Å²) in [7, 11) is -3.62. The largest absolute Gasteiger partial charge is 0.477 e. The van der Waals surface area contributed by atoms with Gasteiger partial charge in [0.2, 0.25) is 10.0 Å². The Morgan fingerprint density at radius 2 is 2.11 bits per heavy atom. The van der Waals surface area contributed by atoms with Crippen molar-refractivity contribution in [3.05, 3.63) is 16.5 Å².